The fourth-order valence-electron chi connectivity index (χ4n) is 4.09. The van der Waals surface area contributed by atoms with Gasteiger partial charge >= 0.3 is 0 Å². The van der Waals surface area contributed by atoms with Crippen molar-refractivity contribution in [2.24, 2.45) is 0 Å². The molecule has 1 saturated heterocycles. The zero-order chi connectivity index (χ0) is 21.2. The van der Waals surface area contributed by atoms with Gasteiger partial charge in [0.25, 0.3) is 0 Å². The number of rotatable bonds is 6. The minimum absolute atomic E-state index is 0.0826. The minimum Gasteiger partial charge on any atom is -0.497 e. The van der Waals surface area contributed by atoms with Gasteiger partial charge in [-0.1, -0.05) is 6.07 Å². The summed E-state index contributed by atoms with van der Waals surface area (Å²) in [4.78, 5) is 6.77. The second-order valence-corrected chi connectivity index (χ2v) is 7.72. The zero-order valence-corrected chi connectivity index (χ0v) is 17.8. The Hall–Kier alpha value is -3.58. The van der Waals surface area contributed by atoms with Crippen molar-refractivity contribution in [1.82, 2.24) is 14.9 Å². The van der Waals surface area contributed by atoms with Crippen LogP contribution < -0.4 is 15.0 Å². The number of thiocarbonyl (C=S) groups is 1. The summed E-state index contributed by atoms with van der Waals surface area (Å²) < 4.78 is 13.1. The Kier molecular flexibility index (Phi) is 5.18. The molecule has 2 atom stereocenters. The van der Waals surface area contributed by atoms with Crippen LogP contribution in [0, 0.1) is 0 Å². The molecule has 4 aromatic rings. The molecule has 0 amide bonds. The van der Waals surface area contributed by atoms with E-state index < -0.39 is 0 Å². The van der Waals surface area contributed by atoms with Gasteiger partial charge in [-0.15, -0.1) is 0 Å². The van der Waals surface area contributed by atoms with Gasteiger partial charge in [0.05, 0.1) is 31.7 Å². The maximum Gasteiger partial charge on any atom is 0.174 e. The van der Waals surface area contributed by atoms with Crippen LogP contribution in [0.5, 0.6) is 5.75 Å². The van der Waals surface area contributed by atoms with E-state index in [0.717, 1.165) is 28.6 Å². The number of anilines is 1. The zero-order valence-electron chi connectivity index (χ0n) is 17.0. The van der Waals surface area contributed by atoms with Crippen LogP contribution in [0.3, 0.4) is 0 Å². The van der Waals surface area contributed by atoms with Gasteiger partial charge in [-0.3, -0.25) is 4.98 Å². The Bertz CT molecular complexity index is 1160. The summed E-state index contributed by atoms with van der Waals surface area (Å²) in [6.45, 7) is 0.643. The molecule has 0 saturated carbocycles. The van der Waals surface area contributed by atoms with Crippen molar-refractivity contribution in [3.63, 3.8) is 0 Å². The second kappa shape index (κ2) is 8.28. The van der Waals surface area contributed by atoms with Crippen molar-refractivity contribution in [2.75, 3.05) is 12.0 Å². The number of hydrogen-bond donors (Lipinski definition) is 1. The molecule has 0 unspecified atom stereocenters. The smallest absolute Gasteiger partial charge is 0.174 e. The number of benzene rings is 1. The molecule has 4 heterocycles. The summed E-state index contributed by atoms with van der Waals surface area (Å²) >= 11 is 5.80. The molecule has 1 N–H and O–H groups in total. The Morgan fingerprint density at radius 2 is 1.94 bits per heavy atom. The van der Waals surface area contributed by atoms with Crippen LogP contribution in [0.1, 0.15) is 29.2 Å². The standard InChI is InChI=1S/C24H22N4O2S/c1-29-18-11-9-17(10-12-18)28-23(22(26-24(28)31)20-7-2-3-13-25-20)21-8-4-14-27(21)16-19-6-5-15-30-19/h2-15,22-23H,16H2,1H3,(H,26,31)/t22-,23-/m0/s1. The van der Waals surface area contributed by atoms with Gasteiger partial charge in [0, 0.05) is 23.8 Å². The fourth-order valence-corrected chi connectivity index (χ4v) is 4.43. The average Bonchev–Trinajstić information content (AvgIpc) is 3.55. The van der Waals surface area contributed by atoms with Gasteiger partial charge < -0.3 is 23.9 Å². The Morgan fingerprint density at radius 1 is 1.06 bits per heavy atom. The van der Waals surface area contributed by atoms with Crippen LogP contribution in [-0.2, 0) is 6.54 Å². The Balaban J connectivity index is 1.59. The normalized spacial score (nSPS) is 18.2. The molecule has 0 bridgehead atoms. The van der Waals surface area contributed by atoms with Gasteiger partial charge in [0.1, 0.15) is 17.6 Å². The van der Waals surface area contributed by atoms with E-state index in [1.165, 1.54) is 0 Å². The molecule has 0 spiro atoms. The van der Waals surface area contributed by atoms with E-state index in [1.807, 2.05) is 60.8 Å². The molecular weight excluding hydrogens is 408 g/mol. The molecule has 3 aromatic heterocycles. The quantitative estimate of drug-likeness (QED) is 0.447. The molecule has 7 heteroatoms. The van der Waals surface area contributed by atoms with Crippen LogP contribution in [-0.4, -0.2) is 21.8 Å². The molecule has 0 radical (unpaired) electrons. The van der Waals surface area contributed by atoms with Gasteiger partial charge in [0.2, 0.25) is 0 Å². The van der Waals surface area contributed by atoms with E-state index >= 15 is 0 Å². The lowest BCUT2D eigenvalue weighted by Crippen LogP contribution is -2.30. The van der Waals surface area contributed by atoms with E-state index in [-0.39, 0.29) is 12.1 Å². The molecule has 1 aliphatic rings. The van der Waals surface area contributed by atoms with E-state index in [2.05, 4.69) is 38.1 Å². The summed E-state index contributed by atoms with van der Waals surface area (Å²) in [5.41, 5.74) is 3.05. The van der Waals surface area contributed by atoms with Crippen molar-refractivity contribution < 1.29 is 9.15 Å². The first-order valence-electron chi connectivity index (χ1n) is 10.1. The first-order chi connectivity index (χ1) is 15.2. The monoisotopic (exact) mass is 430 g/mol. The van der Waals surface area contributed by atoms with E-state index in [9.17, 15) is 0 Å². The Labute approximate surface area is 186 Å². The Morgan fingerprint density at radius 3 is 2.65 bits per heavy atom. The lowest BCUT2D eigenvalue weighted by molar-refractivity contribution is 0.415. The maximum atomic E-state index is 5.80. The lowest BCUT2D eigenvalue weighted by atomic mass is 10.0. The van der Waals surface area contributed by atoms with Crippen LogP contribution in [0.4, 0.5) is 5.69 Å². The minimum atomic E-state index is -0.0962. The van der Waals surface area contributed by atoms with Gasteiger partial charge in [-0.05, 0) is 72.9 Å². The molecular formula is C24H22N4O2S. The average molecular weight is 431 g/mol. The highest BCUT2D eigenvalue weighted by Crippen LogP contribution is 2.42. The third-order valence-corrected chi connectivity index (χ3v) is 5.84. The highest BCUT2D eigenvalue weighted by atomic mass is 32.1. The SMILES string of the molecule is COc1ccc(N2C(=S)N[C@@H](c3ccccn3)[C@@H]2c2cccn2Cc2ccco2)cc1. The van der Waals surface area contributed by atoms with Gasteiger partial charge in [-0.25, -0.2) is 0 Å². The highest BCUT2D eigenvalue weighted by Gasteiger charge is 2.42. The van der Waals surface area contributed by atoms with Crippen molar-refractivity contribution in [3.05, 3.63) is 103 Å². The molecule has 0 aliphatic carbocycles. The van der Waals surface area contributed by atoms with Crippen molar-refractivity contribution in [1.29, 1.82) is 0 Å². The van der Waals surface area contributed by atoms with Gasteiger partial charge in [-0.2, -0.15) is 0 Å². The predicted octanol–water partition coefficient (Wildman–Crippen LogP) is 4.71. The number of hydrogen-bond acceptors (Lipinski definition) is 4. The predicted molar refractivity (Wildman–Crippen MR) is 123 cm³/mol. The summed E-state index contributed by atoms with van der Waals surface area (Å²) in [7, 11) is 1.67. The molecule has 1 aromatic carbocycles. The van der Waals surface area contributed by atoms with Gasteiger partial charge in [0.15, 0.2) is 5.11 Å². The van der Waals surface area contributed by atoms with Crippen molar-refractivity contribution in [3.8, 4) is 5.75 Å². The number of aromatic nitrogens is 2. The molecule has 31 heavy (non-hydrogen) atoms. The van der Waals surface area contributed by atoms with Crippen LogP contribution in [0.2, 0.25) is 0 Å². The number of nitrogens with one attached hydrogen (secondary N) is 1. The van der Waals surface area contributed by atoms with Crippen LogP contribution >= 0.6 is 12.2 Å². The van der Waals surface area contributed by atoms with E-state index in [0.29, 0.717) is 11.7 Å². The van der Waals surface area contributed by atoms with Crippen molar-refractivity contribution in [2.45, 2.75) is 18.6 Å². The maximum absolute atomic E-state index is 5.80. The number of methoxy groups -OCH3 is 1. The molecule has 5 rings (SSSR count). The van der Waals surface area contributed by atoms with Crippen molar-refractivity contribution >= 4 is 23.0 Å². The summed E-state index contributed by atoms with van der Waals surface area (Å²) in [5.74, 6) is 1.71. The summed E-state index contributed by atoms with van der Waals surface area (Å²) in [5, 5.41) is 4.16. The second-order valence-electron chi connectivity index (χ2n) is 7.33. The third-order valence-electron chi connectivity index (χ3n) is 5.52. The molecule has 1 aliphatic heterocycles. The largest absolute Gasteiger partial charge is 0.497 e. The van der Waals surface area contributed by atoms with E-state index in [1.54, 1.807) is 13.4 Å². The van der Waals surface area contributed by atoms with Crippen LogP contribution in [0.25, 0.3) is 0 Å². The number of pyridine rings is 1. The number of furan rings is 1. The number of nitrogens with zero attached hydrogens (tertiary/aromatic N) is 3. The first-order valence-corrected chi connectivity index (χ1v) is 10.5. The fraction of sp³-hybridized carbons (Fsp3) is 0.167. The first kappa shape index (κ1) is 19.4. The lowest BCUT2D eigenvalue weighted by Gasteiger charge is -2.29. The topological polar surface area (TPSA) is 55.5 Å². The summed E-state index contributed by atoms with van der Waals surface area (Å²) in [6.07, 6.45) is 5.58. The van der Waals surface area contributed by atoms with Crippen LogP contribution in [0.15, 0.2) is 89.8 Å². The molecule has 1 fully saturated rings. The molecule has 156 valence electrons. The molecule has 6 nitrogen and oxygen atoms in total. The number of ether oxygens (including phenoxy) is 1. The summed E-state index contributed by atoms with van der Waals surface area (Å²) in [6, 6.07) is 21.8. The van der Waals surface area contributed by atoms with E-state index in [4.69, 9.17) is 21.4 Å². The highest BCUT2D eigenvalue weighted by molar-refractivity contribution is 7.80. The third kappa shape index (κ3) is 3.68.